The third kappa shape index (κ3) is 3.59. The SMILES string of the molecule is CC(C)C(=O)OCc1ccc(NN)cc1. The number of hydrogen-bond donors (Lipinski definition) is 2. The zero-order valence-corrected chi connectivity index (χ0v) is 8.99. The molecule has 0 bridgehead atoms. The lowest BCUT2D eigenvalue weighted by Crippen LogP contribution is -2.11. The van der Waals surface area contributed by atoms with E-state index in [0.717, 1.165) is 11.3 Å². The molecule has 0 radical (unpaired) electrons. The smallest absolute Gasteiger partial charge is 0.308 e. The first-order chi connectivity index (χ1) is 7.13. The van der Waals surface area contributed by atoms with Crippen molar-refractivity contribution in [3.63, 3.8) is 0 Å². The average Bonchev–Trinajstić information content (AvgIpc) is 2.26. The number of carbonyl (C=O) groups is 1. The van der Waals surface area contributed by atoms with Gasteiger partial charge in [0, 0.05) is 5.69 Å². The van der Waals surface area contributed by atoms with Crippen molar-refractivity contribution < 1.29 is 9.53 Å². The average molecular weight is 208 g/mol. The summed E-state index contributed by atoms with van der Waals surface area (Å²) >= 11 is 0. The predicted octanol–water partition coefficient (Wildman–Crippen LogP) is 1.67. The number of ether oxygens (including phenoxy) is 1. The zero-order valence-electron chi connectivity index (χ0n) is 8.99. The molecule has 0 heterocycles. The van der Waals surface area contributed by atoms with Crippen LogP contribution in [0.2, 0.25) is 0 Å². The minimum Gasteiger partial charge on any atom is -0.461 e. The van der Waals surface area contributed by atoms with Crippen LogP contribution < -0.4 is 11.3 Å². The van der Waals surface area contributed by atoms with E-state index in [2.05, 4.69) is 5.43 Å². The maximum atomic E-state index is 11.2. The van der Waals surface area contributed by atoms with Gasteiger partial charge in [0.05, 0.1) is 5.92 Å². The molecule has 0 saturated heterocycles. The van der Waals surface area contributed by atoms with Gasteiger partial charge in [-0.25, -0.2) is 0 Å². The van der Waals surface area contributed by atoms with Gasteiger partial charge in [0.15, 0.2) is 0 Å². The van der Waals surface area contributed by atoms with Crippen molar-refractivity contribution in [2.75, 3.05) is 5.43 Å². The Balaban J connectivity index is 2.47. The predicted molar refractivity (Wildman–Crippen MR) is 58.9 cm³/mol. The molecule has 1 aromatic carbocycles. The highest BCUT2D eigenvalue weighted by Gasteiger charge is 2.07. The standard InChI is InChI=1S/C11H16N2O2/c1-8(2)11(14)15-7-9-3-5-10(13-12)6-4-9/h3-6,8,13H,7,12H2,1-2H3. The van der Waals surface area contributed by atoms with Gasteiger partial charge >= 0.3 is 5.97 Å². The summed E-state index contributed by atoms with van der Waals surface area (Å²) in [5.41, 5.74) is 4.30. The van der Waals surface area contributed by atoms with Crippen molar-refractivity contribution in [2.45, 2.75) is 20.5 Å². The second-order valence-corrected chi connectivity index (χ2v) is 3.60. The van der Waals surface area contributed by atoms with Crippen LogP contribution in [0.4, 0.5) is 5.69 Å². The zero-order chi connectivity index (χ0) is 11.3. The van der Waals surface area contributed by atoms with Crippen LogP contribution in [0, 0.1) is 5.92 Å². The Bertz CT molecular complexity index is 320. The van der Waals surface area contributed by atoms with Crippen molar-refractivity contribution in [1.29, 1.82) is 0 Å². The van der Waals surface area contributed by atoms with E-state index in [0.29, 0.717) is 6.61 Å². The first kappa shape index (κ1) is 11.5. The van der Waals surface area contributed by atoms with Gasteiger partial charge in [-0.05, 0) is 17.7 Å². The van der Waals surface area contributed by atoms with Crippen LogP contribution in [0.15, 0.2) is 24.3 Å². The van der Waals surface area contributed by atoms with Gasteiger partial charge in [-0.1, -0.05) is 26.0 Å². The molecule has 0 spiro atoms. The first-order valence-corrected chi connectivity index (χ1v) is 4.85. The molecule has 4 heteroatoms. The third-order valence-electron chi connectivity index (χ3n) is 1.97. The van der Waals surface area contributed by atoms with E-state index in [1.54, 1.807) is 0 Å². The fourth-order valence-corrected chi connectivity index (χ4v) is 1.02. The molecule has 4 nitrogen and oxygen atoms in total. The second kappa shape index (κ2) is 5.36. The van der Waals surface area contributed by atoms with Crippen molar-refractivity contribution in [3.05, 3.63) is 29.8 Å². The lowest BCUT2D eigenvalue weighted by molar-refractivity contribution is -0.148. The summed E-state index contributed by atoms with van der Waals surface area (Å²) in [5.74, 6) is 4.95. The van der Waals surface area contributed by atoms with Crippen LogP contribution in [0.25, 0.3) is 0 Å². The van der Waals surface area contributed by atoms with Crippen molar-refractivity contribution in [1.82, 2.24) is 0 Å². The van der Waals surface area contributed by atoms with Crippen LogP contribution >= 0.6 is 0 Å². The number of esters is 1. The number of carbonyl (C=O) groups excluding carboxylic acids is 1. The van der Waals surface area contributed by atoms with Crippen LogP contribution in [0.5, 0.6) is 0 Å². The molecule has 1 aromatic rings. The normalized spacial score (nSPS) is 10.1. The van der Waals surface area contributed by atoms with Gasteiger partial charge in [-0.15, -0.1) is 0 Å². The van der Waals surface area contributed by atoms with E-state index in [9.17, 15) is 4.79 Å². The Morgan fingerprint density at radius 1 is 1.40 bits per heavy atom. The van der Waals surface area contributed by atoms with E-state index >= 15 is 0 Å². The summed E-state index contributed by atoms with van der Waals surface area (Å²) in [7, 11) is 0. The van der Waals surface area contributed by atoms with Crippen LogP contribution in [0.1, 0.15) is 19.4 Å². The highest BCUT2D eigenvalue weighted by molar-refractivity contribution is 5.71. The van der Waals surface area contributed by atoms with E-state index in [1.165, 1.54) is 0 Å². The number of hydrazine groups is 1. The number of hydrogen-bond acceptors (Lipinski definition) is 4. The van der Waals surface area contributed by atoms with Crippen molar-refractivity contribution in [3.8, 4) is 0 Å². The summed E-state index contributed by atoms with van der Waals surface area (Å²) in [5, 5.41) is 0. The molecule has 15 heavy (non-hydrogen) atoms. The van der Waals surface area contributed by atoms with E-state index in [-0.39, 0.29) is 11.9 Å². The Morgan fingerprint density at radius 2 is 2.00 bits per heavy atom. The highest BCUT2D eigenvalue weighted by atomic mass is 16.5. The van der Waals surface area contributed by atoms with Gasteiger partial charge in [0.25, 0.3) is 0 Å². The molecule has 1 rings (SSSR count). The van der Waals surface area contributed by atoms with Gasteiger partial charge in [0.2, 0.25) is 0 Å². The quantitative estimate of drug-likeness (QED) is 0.449. The number of rotatable bonds is 4. The number of benzene rings is 1. The molecule has 0 aliphatic rings. The summed E-state index contributed by atoms with van der Waals surface area (Å²) in [6.45, 7) is 3.93. The largest absolute Gasteiger partial charge is 0.461 e. The molecule has 0 aliphatic heterocycles. The Labute approximate surface area is 89.4 Å². The molecule has 0 atom stereocenters. The van der Waals surface area contributed by atoms with E-state index in [1.807, 2.05) is 38.1 Å². The summed E-state index contributed by atoms with van der Waals surface area (Å²) < 4.78 is 5.07. The van der Waals surface area contributed by atoms with Crippen molar-refractivity contribution in [2.24, 2.45) is 11.8 Å². The van der Waals surface area contributed by atoms with E-state index < -0.39 is 0 Å². The van der Waals surface area contributed by atoms with Gasteiger partial charge < -0.3 is 10.2 Å². The molecule has 0 saturated carbocycles. The Hall–Kier alpha value is -1.55. The molecule has 3 N–H and O–H groups in total. The first-order valence-electron chi connectivity index (χ1n) is 4.85. The Kier molecular flexibility index (Phi) is 4.12. The molecule has 0 aliphatic carbocycles. The van der Waals surface area contributed by atoms with Gasteiger partial charge in [-0.3, -0.25) is 10.6 Å². The fourth-order valence-electron chi connectivity index (χ4n) is 1.02. The number of nitrogen functional groups attached to an aromatic ring is 1. The molecule has 0 amide bonds. The lowest BCUT2D eigenvalue weighted by Gasteiger charge is -2.07. The minimum atomic E-state index is -0.184. The third-order valence-corrected chi connectivity index (χ3v) is 1.97. The second-order valence-electron chi connectivity index (χ2n) is 3.60. The summed E-state index contributed by atoms with van der Waals surface area (Å²) in [6, 6.07) is 7.39. The number of nitrogens with one attached hydrogen (secondary N) is 1. The minimum absolute atomic E-state index is 0.0880. The summed E-state index contributed by atoms with van der Waals surface area (Å²) in [4.78, 5) is 11.2. The molecule has 0 aromatic heterocycles. The molecule has 82 valence electrons. The number of nitrogens with two attached hydrogens (primary N) is 1. The maximum absolute atomic E-state index is 11.2. The fraction of sp³-hybridized carbons (Fsp3) is 0.364. The molecular formula is C11H16N2O2. The van der Waals surface area contributed by atoms with Gasteiger partial charge in [0.1, 0.15) is 6.61 Å². The molecule has 0 fully saturated rings. The van der Waals surface area contributed by atoms with Gasteiger partial charge in [-0.2, -0.15) is 0 Å². The topological polar surface area (TPSA) is 64.3 Å². The van der Waals surface area contributed by atoms with Crippen LogP contribution in [0.3, 0.4) is 0 Å². The summed E-state index contributed by atoms with van der Waals surface area (Å²) in [6.07, 6.45) is 0. The van der Waals surface area contributed by atoms with E-state index in [4.69, 9.17) is 10.6 Å². The molecule has 0 unspecified atom stereocenters. The Morgan fingerprint density at radius 3 is 2.47 bits per heavy atom. The van der Waals surface area contributed by atoms with Crippen LogP contribution in [-0.4, -0.2) is 5.97 Å². The van der Waals surface area contributed by atoms with Crippen LogP contribution in [-0.2, 0) is 16.1 Å². The maximum Gasteiger partial charge on any atom is 0.308 e. The van der Waals surface area contributed by atoms with Crippen molar-refractivity contribution >= 4 is 11.7 Å². The molecular weight excluding hydrogens is 192 g/mol. The highest BCUT2D eigenvalue weighted by Crippen LogP contribution is 2.09. The monoisotopic (exact) mass is 208 g/mol. The number of anilines is 1. The lowest BCUT2D eigenvalue weighted by atomic mass is 10.2.